The van der Waals surface area contributed by atoms with Crippen LogP contribution in [0.3, 0.4) is 0 Å². The Kier molecular flexibility index (Phi) is 3.81. The monoisotopic (exact) mass is 371 g/mol. The van der Waals surface area contributed by atoms with Crippen LogP contribution in [0.25, 0.3) is 0 Å². The molecule has 0 spiro atoms. The van der Waals surface area contributed by atoms with Crippen LogP contribution >= 0.6 is 0 Å². The summed E-state index contributed by atoms with van der Waals surface area (Å²) in [5, 5.41) is 11.4. The number of cyclic esters (lactones) is 1. The van der Waals surface area contributed by atoms with E-state index in [1.807, 2.05) is 0 Å². The molecule has 0 saturated heterocycles. The highest BCUT2D eigenvalue weighted by Crippen LogP contribution is 2.45. The van der Waals surface area contributed by atoms with E-state index in [2.05, 4.69) is 0 Å². The third-order valence-electron chi connectivity index (χ3n) is 5.02. The minimum Gasteiger partial charge on any atom is -0.465 e. The number of aromatic nitrogens is 1. The van der Waals surface area contributed by atoms with Crippen molar-refractivity contribution in [3.05, 3.63) is 57.9 Å². The molecule has 8 nitrogen and oxygen atoms in total. The first-order valence-electron chi connectivity index (χ1n) is 8.41. The quantitative estimate of drug-likeness (QED) is 0.642. The molecular formula is C19H17NO7. The molecule has 1 N–H and O–H groups in total. The molecule has 0 radical (unpaired) electrons. The van der Waals surface area contributed by atoms with E-state index in [4.69, 9.17) is 14.2 Å². The lowest BCUT2D eigenvalue weighted by molar-refractivity contribution is -0.134. The minimum absolute atomic E-state index is 0.0144. The van der Waals surface area contributed by atoms with E-state index in [0.717, 1.165) is 0 Å². The Balaban J connectivity index is 2.06. The Morgan fingerprint density at radius 1 is 1.15 bits per heavy atom. The minimum atomic E-state index is -2.21. The van der Waals surface area contributed by atoms with Crippen LogP contribution in [0.15, 0.2) is 24.3 Å². The van der Waals surface area contributed by atoms with Crippen LogP contribution in [0.1, 0.15) is 54.4 Å². The molecule has 3 heterocycles. The van der Waals surface area contributed by atoms with Crippen molar-refractivity contribution in [1.29, 1.82) is 0 Å². The summed E-state index contributed by atoms with van der Waals surface area (Å²) in [5.74, 6) is -4.45. The number of carbonyl (C=O) groups excluding carboxylic acids is 3. The fourth-order valence-electron chi connectivity index (χ4n) is 3.93. The third kappa shape index (κ3) is 2.23. The first kappa shape index (κ1) is 17.3. The lowest BCUT2D eigenvalue weighted by atomic mass is 9.95. The van der Waals surface area contributed by atoms with Gasteiger partial charge in [0.2, 0.25) is 0 Å². The Labute approximate surface area is 154 Å². The maximum absolute atomic E-state index is 12.6. The summed E-state index contributed by atoms with van der Waals surface area (Å²) in [6, 6.07) is 6.38. The molecule has 2 aromatic rings. The Morgan fingerprint density at radius 2 is 1.81 bits per heavy atom. The Hall–Kier alpha value is -3.13. The molecule has 0 amide bonds. The van der Waals surface area contributed by atoms with Crippen molar-refractivity contribution in [3.63, 3.8) is 0 Å². The topological polar surface area (TPSA) is 104 Å². The van der Waals surface area contributed by atoms with Crippen molar-refractivity contribution < 1.29 is 33.7 Å². The van der Waals surface area contributed by atoms with Crippen LogP contribution in [-0.2, 0) is 33.0 Å². The first-order chi connectivity index (χ1) is 12.9. The van der Waals surface area contributed by atoms with Gasteiger partial charge in [0.05, 0.1) is 25.3 Å². The molecule has 1 aromatic carbocycles. The number of benzene rings is 1. The average Bonchev–Trinajstić information content (AvgIpc) is 3.32. The van der Waals surface area contributed by atoms with Crippen molar-refractivity contribution >= 4 is 17.9 Å². The summed E-state index contributed by atoms with van der Waals surface area (Å²) < 4.78 is 16.7. The number of hydrogen-bond donors (Lipinski definition) is 1. The SMILES string of the molecule is COC(=O)c1c(C(=O)OC)c(C2(O)OC(=O)c3ccccc32)n2c1CCC2. The van der Waals surface area contributed by atoms with Crippen LogP contribution in [-0.4, -0.2) is 41.8 Å². The van der Waals surface area contributed by atoms with Gasteiger partial charge in [0.1, 0.15) is 11.3 Å². The standard InChI is InChI=1S/C19H17NO7/c1-25-17(22)13-12-8-5-9-20(12)15(14(13)18(23)26-2)19(24)11-7-4-3-6-10(11)16(21)27-19/h3-4,6-7,24H,5,8-9H2,1-2H3. The summed E-state index contributed by atoms with van der Waals surface area (Å²) in [7, 11) is 2.39. The van der Waals surface area contributed by atoms with Gasteiger partial charge in [-0.2, -0.15) is 0 Å². The number of hydrogen-bond acceptors (Lipinski definition) is 7. The number of fused-ring (bicyclic) bond motifs is 2. The Bertz CT molecular complexity index is 990. The lowest BCUT2D eigenvalue weighted by Crippen LogP contribution is -2.32. The fraction of sp³-hybridized carbons (Fsp3) is 0.316. The molecule has 0 saturated carbocycles. The molecule has 0 fully saturated rings. The molecule has 2 aliphatic rings. The van der Waals surface area contributed by atoms with Gasteiger partial charge in [-0.3, -0.25) is 0 Å². The molecule has 4 rings (SSSR count). The first-order valence-corrected chi connectivity index (χ1v) is 8.41. The summed E-state index contributed by atoms with van der Waals surface area (Å²) in [5.41, 5.74) is 0.858. The van der Waals surface area contributed by atoms with E-state index < -0.39 is 23.7 Å². The normalized spacial score (nSPS) is 20.0. The van der Waals surface area contributed by atoms with Crippen molar-refractivity contribution in [2.24, 2.45) is 0 Å². The maximum atomic E-state index is 12.6. The van der Waals surface area contributed by atoms with Crippen molar-refractivity contribution in [2.75, 3.05) is 14.2 Å². The number of nitrogens with zero attached hydrogens (tertiary/aromatic N) is 1. The summed E-state index contributed by atoms with van der Waals surface area (Å²) in [6.07, 6.45) is 1.22. The van der Waals surface area contributed by atoms with Crippen LogP contribution in [0.2, 0.25) is 0 Å². The van der Waals surface area contributed by atoms with Crippen molar-refractivity contribution in [1.82, 2.24) is 4.57 Å². The van der Waals surface area contributed by atoms with Crippen LogP contribution in [0, 0.1) is 0 Å². The van der Waals surface area contributed by atoms with Gasteiger partial charge < -0.3 is 23.9 Å². The number of ether oxygens (including phenoxy) is 3. The van der Waals surface area contributed by atoms with E-state index in [0.29, 0.717) is 25.1 Å². The highest BCUT2D eigenvalue weighted by molar-refractivity contribution is 6.06. The van der Waals surface area contributed by atoms with Crippen molar-refractivity contribution in [2.45, 2.75) is 25.2 Å². The van der Waals surface area contributed by atoms with Gasteiger partial charge in [-0.1, -0.05) is 18.2 Å². The highest BCUT2D eigenvalue weighted by atomic mass is 16.7. The predicted octanol–water partition coefficient (Wildman–Crippen LogP) is 1.37. The lowest BCUT2D eigenvalue weighted by Gasteiger charge is -2.25. The number of esters is 3. The largest absolute Gasteiger partial charge is 0.465 e. The predicted molar refractivity (Wildman–Crippen MR) is 90.3 cm³/mol. The van der Waals surface area contributed by atoms with E-state index in [1.54, 1.807) is 22.8 Å². The fourth-order valence-corrected chi connectivity index (χ4v) is 3.93. The van der Waals surface area contributed by atoms with Crippen LogP contribution in [0.4, 0.5) is 0 Å². The molecule has 2 aliphatic heterocycles. The second-order valence-corrected chi connectivity index (χ2v) is 6.36. The zero-order valence-corrected chi connectivity index (χ0v) is 14.8. The summed E-state index contributed by atoms with van der Waals surface area (Å²) >= 11 is 0. The molecule has 8 heteroatoms. The van der Waals surface area contributed by atoms with Gasteiger partial charge in [0, 0.05) is 17.8 Å². The molecule has 1 unspecified atom stereocenters. The third-order valence-corrected chi connectivity index (χ3v) is 5.02. The number of aliphatic hydroxyl groups is 1. The molecular weight excluding hydrogens is 354 g/mol. The Morgan fingerprint density at radius 3 is 2.52 bits per heavy atom. The van der Waals surface area contributed by atoms with E-state index >= 15 is 0 Å². The van der Waals surface area contributed by atoms with Crippen LogP contribution < -0.4 is 0 Å². The van der Waals surface area contributed by atoms with Crippen LogP contribution in [0.5, 0.6) is 0 Å². The maximum Gasteiger partial charge on any atom is 0.341 e. The van der Waals surface area contributed by atoms with Gasteiger partial charge in [-0.25, -0.2) is 14.4 Å². The summed E-state index contributed by atoms with van der Waals surface area (Å²) in [6.45, 7) is 0.452. The zero-order chi connectivity index (χ0) is 19.3. The highest BCUT2D eigenvalue weighted by Gasteiger charge is 2.52. The second kappa shape index (κ2) is 5.95. The molecule has 0 bridgehead atoms. The average molecular weight is 371 g/mol. The second-order valence-electron chi connectivity index (χ2n) is 6.36. The zero-order valence-electron chi connectivity index (χ0n) is 14.8. The van der Waals surface area contributed by atoms with Gasteiger partial charge in [-0.15, -0.1) is 0 Å². The smallest absolute Gasteiger partial charge is 0.341 e. The van der Waals surface area contributed by atoms with Gasteiger partial charge >= 0.3 is 17.9 Å². The van der Waals surface area contributed by atoms with E-state index in [-0.39, 0.29) is 27.9 Å². The number of methoxy groups -OCH3 is 2. The van der Waals surface area contributed by atoms with Gasteiger partial charge in [0.25, 0.3) is 5.79 Å². The van der Waals surface area contributed by atoms with E-state index in [9.17, 15) is 19.5 Å². The number of rotatable bonds is 3. The van der Waals surface area contributed by atoms with E-state index in [1.165, 1.54) is 20.3 Å². The molecule has 140 valence electrons. The molecule has 0 aliphatic carbocycles. The molecule has 1 aromatic heterocycles. The van der Waals surface area contributed by atoms with Gasteiger partial charge in [0.15, 0.2) is 0 Å². The van der Waals surface area contributed by atoms with Crippen molar-refractivity contribution in [3.8, 4) is 0 Å². The number of carbonyl (C=O) groups is 3. The molecule has 1 atom stereocenters. The molecule has 27 heavy (non-hydrogen) atoms. The van der Waals surface area contributed by atoms with Gasteiger partial charge in [-0.05, 0) is 18.9 Å². The summed E-state index contributed by atoms with van der Waals surface area (Å²) in [4.78, 5) is 37.3.